The molecule has 0 aliphatic carbocycles. The predicted molar refractivity (Wildman–Crippen MR) is 111 cm³/mol. The highest BCUT2D eigenvalue weighted by Gasteiger charge is 2.23. The van der Waals surface area contributed by atoms with E-state index in [0.717, 1.165) is 42.9 Å². The summed E-state index contributed by atoms with van der Waals surface area (Å²) in [6, 6.07) is 8.85. The summed E-state index contributed by atoms with van der Waals surface area (Å²) in [6.07, 6.45) is 1.71. The number of para-hydroxylation sites is 1. The minimum Gasteiger partial charge on any atom is -0.478 e. The second-order valence-electron chi connectivity index (χ2n) is 6.82. The van der Waals surface area contributed by atoms with Gasteiger partial charge in [0.2, 0.25) is 11.8 Å². The Morgan fingerprint density at radius 3 is 2.62 bits per heavy atom. The van der Waals surface area contributed by atoms with Crippen molar-refractivity contribution < 1.29 is 9.66 Å². The Labute approximate surface area is 168 Å². The number of aromatic nitrogens is 3. The van der Waals surface area contributed by atoms with E-state index in [1.165, 1.54) is 6.07 Å². The predicted octanol–water partition coefficient (Wildman–Crippen LogP) is 2.97. The van der Waals surface area contributed by atoms with Gasteiger partial charge in [-0.25, -0.2) is 9.97 Å². The van der Waals surface area contributed by atoms with Crippen LogP contribution in [0.25, 0.3) is 10.9 Å². The number of fused-ring (bicyclic) bond motifs is 1. The third kappa shape index (κ3) is 3.75. The van der Waals surface area contributed by atoms with E-state index in [1.54, 1.807) is 18.3 Å². The van der Waals surface area contributed by atoms with Crippen molar-refractivity contribution in [1.82, 2.24) is 15.0 Å². The molecule has 0 atom stereocenters. The number of hydrogen-bond donors (Lipinski definition) is 0. The van der Waals surface area contributed by atoms with Crippen LogP contribution < -0.4 is 14.5 Å². The number of benzene rings is 1. The van der Waals surface area contributed by atoms with Gasteiger partial charge in [0.1, 0.15) is 0 Å². The van der Waals surface area contributed by atoms with Crippen LogP contribution in [0.15, 0.2) is 36.5 Å². The molecular weight excluding hydrogens is 372 g/mol. The van der Waals surface area contributed by atoms with Gasteiger partial charge < -0.3 is 14.5 Å². The fraction of sp³-hybridized carbons (Fsp3) is 0.350. The Kier molecular flexibility index (Phi) is 5.11. The van der Waals surface area contributed by atoms with Gasteiger partial charge in [-0.05, 0) is 19.9 Å². The molecule has 29 heavy (non-hydrogen) atoms. The summed E-state index contributed by atoms with van der Waals surface area (Å²) in [7, 11) is 0. The molecule has 9 heteroatoms. The molecule has 9 nitrogen and oxygen atoms in total. The van der Waals surface area contributed by atoms with E-state index >= 15 is 0 Å². The molecule has 2 aromatic heterocycles. The maximum atomic E-state index is 11.4. The summed E-state index contributed by atoms with van der Waals surface area (Å²) in [4.78, 5) is 28.7. The van der Waals surface area contributed by atoms with Crippen molar-refractivity contribution in [2.24, 2.45) is 0 Å². The highest BCUT2D eigenvalue weighted by atomic mass is 16.6. The number of rotatable bonds is 5. The number of aryl methyl sites for hydroxylation is 1. The second kappa shape index (κ2) is 7.86. The lowest BCUT2D eigenvalue weighted by Crippen LogP contribution is -2.47. The average Bonchev–Trinajstić information content (AvgIpc) is 2.73. The van der Waals surface area contributed by atoms with Crippen LogP contribution in [0.2, 0.25) is 0 Å². The van der Waals surface area contributed by atoms with E-state index in [0.29, 0.717) is 24.0 Å². The zero-order valence-corrected chi connectivity index (χ0v) is 16.4. The molecule has 150 valence electrons. The molecule has 1 saturated heterocycles. The number of non-ortho nitro benzene ring substituents is 1. The van der Waals surface area contributed by atoms with Crippen LogP contribution in [0.1, 0.15) is 12.6 Å². The fourth-order valence-corrected chi connectivity index (χ4v) is 3.61. The highest BCUT2D eigenvalue weighted by molar-refractivity contribution is 5.97. The van der Waals surface area contributed by atoms with Gasteiger partial charge in [-0.15, -0.1) is 0 Å². The number of hydrogen-bond acceptors (Lipinski definition) is 8. The SMILES string of the molecule is CCOc1ccnc(N2CCN(c3cc(C)nc4c([N+](=O)[O-])cccc34)CC2)n1. The maximum absolute atomic E-state index is 11.4. The highest BCUT2D eigenvalue weighted by Crippen LogP contribution is 2.32. The second-order valence-corrected chi connectivity index (χ2v) is 6.82. The molecule has 4 rings (SSSR count). The molecule has 1 aliphatic rings. The molecule has 0 amide bonds. The van der Waals surface area contributed by atoms with Gasteiger partial charge in [0, 0.05) is 61.3 Å². The fourth-order valence-electron chi connectivity index (χ4n) is 3.61. The number of nitro groups is 1. The average molecular weight is 394 g/mol. The standard InChI is InChI=1S/C20H22N6O3/c1-3-29-18-7-8-21-20(23-18)25-11-9-24(10-12-25)17-13-14(2)22-19-15(17)5-4-6-16(19)26(27)28/h4-8,13H,3,9-12H2,1-2H3. The number of pyridine rings is 1. The monoisotopic (exact) mass is 394 g/mol. The Hall–Kier alpha value is -3.49. The van der Waals surface area contributed by atoms with Gasteiger partial charge in [-0.1, -0.05) is 12.1 Å². The van der Waals surface area contributed by atoms with Gasteiger partial charge in [-0.2, -0.15) is 4.98 Å². The first-order valence-electron chi connectivity index (χ1n) is 9.57. The molecule has 1 aromatic carbocycles. The maximum Gasteiger partial charge on any atom is 0.295 e. The number of ether oxygens (including phenoxy) is 1. The molecule has 3 aromatic rings. The lowest BCUT2D eigenvalue weighted by Gasteiger charge is -2.36. The van der Waals surface area contributed by atoms with E-state index in [2.05, 4.69) is 24.8 Å². The minimum atomic E-state index is -0.376. The molecule has 3 heterocycles. The van der Waals surface area contributed by atoms with Crippen molar-refractivity contribution in [3.63, 3.8) is 0 Å². The van der Waals surface area contributed by atoms with Gasteiger partial charge in [0.15, 0.2) is 5.52 Å². The number of nitrogens with zero attached hydrogens (tertiary/aromatic N) is 6. The van der Waals surface area contributed by atoms with Gasteiger partial charge in [0.25, 0.3) is 5.69 Å². The summed E-state index contributed by atoms with van der Waals surface area (Å²) < 4.78 is 5.47. The third-order valence-electron chi connectivity index (χ3n) is 4.93. The Morgan fingerprint density at radius 1 is 1.14 bits per heavy atom. The third-order valence-corrected chi connectivity index (χ3v) is 4.93. The zero-order chi connectivity index (χ0) is 20.4. The van der Waals surface area contributed by atoms with Crippen molar-refractivity contribution in [2.75, 3.05) is 42.6 Å². The van der Waals surface area contributed by atoms with Crippen LogP contribution in [-0.2, 0) is 0 Å². The molecule has 0 N–H and O–H groups in total. The van der Waals surface area contributed by atoms with Crippen LogP contribution in [0.3, 0.4) is 0 Å². The van der Waals surface area contributed by atoms with Crippen molar-refractivity contribution in [3.8, 4) is 5.88 Å². The number of nitro benzene ring substituents is 1. The molecule has 0 unspecified atom stereocenters. The van der Waals surface area contributed by atoms with Crippen LogP contribution in [-0.4, -0.2) is 52.7 Å². The van der Waals surface area contributed by atoms with Crippen LogP contribution in [0, 0.1) is 17.0 Å². The molecule has 1 fully saturated rings. The zero-order valence-electron chi connectivity index (χ0n) is 16.4. The first-order valence-corrected chi connectivity index (χ1v) is 9.57. The Morgan fingerprint density at radius 2 is 1.90 bits per heavy atom. The van der Waals surface area contributed by atoms with Crippen molar-refractivity contribution in [3.05, 3.63) is 52.3 Å². The summed E-state index contributed by atoms with van der Waals surface area (Å²) in [5.41, 5.74) is 2.20. The normalized spacial score (nSPS) is 14.3. The van der Waals surface area contributed by atoms with E-state index in [-0.39, 0.29) is 10.6 Å². The molecule has 1 aliphatic heterocycles. The van der Waals surface area contributed by atoms with Crippen molar-refractivity contribution >= 4 is 28.2 Å². The summed E-state index contributed by atoms with van der Waals surface area (Å²) >= 11 is 0. The van der Waals surface area contributed by atoms with E-state index in [1.807, 2.05) is 26.0 Å². The first-order chi connectivity index (χ1) is 14.1. The largest absolute Gasteiger partial charge is 0.478 e. The molecule has 0 spiro atoms. The van der Waals surface area contributed by atoms with Gasteiger partial charge >= 0.3 is 0 Å². The molecule has 0 radical (unpaired) electrons. The Bertz CT molecular complexity index is 1050. The lowest BCUT2D eigenvalue weighted by molar-refractivity contribution is -0.383. The topological polar surface area (TPSA) is 97.5 Å². The number of piperazine rings is 1. The molecule has 0 bridgehead atoms. The first kappa shape index (κ1) is 18.9. The Balaban J connectivity index is 1.59. The summed E-state index contributed by atoms with van der Waals surface area (Å²) in [6.45, 7) is 7.34. The van der Waals surface area contributed by atoms with Crippen molar-refractivity contribution in [1.29, 1.82) is 0 Å². The quantitative estimate of drug-likeness (QED) is 0.481. The van der Waals surface area contributed by atoms with Crippen LogP contribution >= 0.6 is 0 Å². The minimum absolute atomic E-state index is 0.0345. The van der Waals surface area contributed by atoms with E-state index in [4.69, 9.17) is 4.74 Å². The van der Waals surface area contributed by atoms with Gasteiger partial charge in [0.05, 0.1) is 11.5 Å². The van der Waals surface area contributed by atoms with Gasteiger partial charge in [-0.3, -0.25) is 10.1 Å². The van der Waals surface area contributed by atoms with Crippen molar-refractivity contribution in [2.45, 2.75) is 13.8 Å². The molecule has 0 saturated carbocycles. The summed E-state index contributed by atoms with van der Waals surface area (Å²) in [5, 5.41) is 12.2. The van der Waals surface area contributed by atoms with E-state index in [9.17, 15) is 10.1 Å². The summed E-state index contributed by atoms with van der Waals surface area (Å²) in [5.74, 6) is 1.23. The number of anilines is 2. The molecular formula is C20H22N6O3. The van der Waals surface area contributed by atoms with E-state index < -0.39 is 0 Å². The van der Waals surface area contributed by atoms with Crippen LogP contribution in [0.4, 0.5) is 17.3 Å². The lowest BCUT2D eigenvalue weighted by atomic mass is 10.1. The van der Waals surface area contributed by atoms with Crippen LogP contribution in [0.5, 0.6) is 5.88 Å². The smallest absolute Gasteiger partial charge is 0.295 e.